The Morgan fingerprint density at radius 2 is 1.84 bits per heavy atom. The van der Waals surface area contributed by atoms with Crippen LogP contribution < -0.4 is 0 Å². The van der Waals surface area contributed by atoms with E-state index in [2.05, 4.69) is 15.2 Å². The summed E-state index contributed by atoms with van der Waals surface area (Å²) < 4.78 is 29.3. The predicted molar refractivity (Wildman–Crippen MR) is 94.2 cm³/mol. The average molecular weight is 360 g/mol. The number of hydrogen-bond acceptors (Lipinski definition) is 4. The molecule has 130 valence electrons. The van der Waals surface area contributed by atoms with Crippen LogP contribution in [0.15, 0.2) is 47.9 Å². The van der Waals surface area contributed by atoms with E-state index in [1.165, 1.54) is 23.9 Å². The van der Waals surface area contributed by atoms with E-state index in [-0.39, 0.29) is 5.25 Å². The number of nitrogens with zero attached hydrogens (tertiary/aromatic N) is 4. The highest BCUT2D eigenvalue weighted by molar-refractivity contribution is 7.99. The monoisotopic (exact) mass is 360 g/mol. The van der Waals surface area contributed by atoms with Gasteiger partial charge in [-0.15, -0.1) is 10.2 Å². The summed E-state index contributed by atoms with van der Waals surface area (Å²) in [5.74, 6) is -0.351. The molecule has 3 rings (SSSR count). The first-order valence-corrected chi connectivity index (χ1v) is 8.97. The molecule has 3 aromatic rings. The minimum Gasteiger partial charge on any atom is -0.302 e. The fourth-order valence-corrected chi connectivity index (χ4v) is 3.80. The van der Waals surface area contributed by atoms with E-state index in [0.717, 1.165) is 17.5 Å². The lowest BCUT2D eigenvalue weighted by atomic mass is 10.1. The van der Waals surface area contributed by atoms with Crippen LogP contribution in [0.25, 0.3) is 11.4 Å². The summed E-state index contributed by atoms with van der Waals surface area (Å²) >= 11 is 1.44. The zero-order valence-corrected chi connectivity index (χ0v) is 14.8. The third-order valence-corrected chi connectivity index (χ3v) is 5.28. The maximum absolute atomic E-state index is 14.1. The summed E-state index contributed by atoms with van der Waals surface area (Å²) in [6.45, 7) is 4.67. The summed E-state index contributed by atoms with van der Waals surface area (Å²) in [4.78, 5) is 4.02. The molecule has 0 aliphatic heterocycles. The highest BCUT2D eigenvalue weighted by Crippen LogP contribution is 2.39. The van der Waals surface area contributed by atoms with E-state index in [9.17, 15) is 8.78 Å². The van der Waals surface area contributed by atoms with Gasteiger partial charge in [-0.3, -0.25) is 4.98 Å². The third-order valence-electron chi connectivity index (χ3n) is 3.90. The van der Waals surface area contributed by atoms with Crippen LogP contribution in [0, 0.1) is 11.6 Å². The first kappa shape index (κ1) is 17.5. The Labute approximate surface area is 149 Å². The largest absolute Gasteiger partial charge is 0.302 e. The average Bonchev–Trinajstić information content (AvgIpc) is 3.03. The molecule has 7 heteroatoms. The molecule has 2 heterocycles. The van der Waals surface area contributed by atoms with Gasteiger partial charge in [-0.2, -0.15) is 0 Å². The standard InChI is InChI=1S/C18H18F2N4S/c1-3-16(14-6-5-13(19)11-15(14)20)25-18-23-22-17(24(18)4-2)12-7-9-21-10-8-12/h5-11,16H,3-4H2,1-2H3/t16-/m1/s1. The van der Waals surface area contributed by atoms with E-state index < -0.39 is 11.6 Å². The lowest BCUT2D eigenvalue weighted by Gasteiger charge is -2.16. The Morgan fingerprint density at radius 1 is 1.08 bits per heavy atom. The zero-order valence-electron chi connectivity index (χ0n) is 14.0. The zero-order chi connectivity index (χ0) is 17.8. The normalized spacial score (nSPS) is 12.3. The van der Waals surface area contributed by atoms with Crippen molar-refractivity contribution in [3.8, 4) is 11.4 Å². The number of benzene rings is 1. The third kappa shape index (κ3) is 3.71. The van der Waals surface area contributed by atoms with Gasteiger partial charge in [0.1, 0.15) is 11.6 Å². The van der Waals surface area contributed by atoms with Gasteiger partial charge in [-0.1, -0.05) is 24.8 Å². The number of hydrogen-bond donors (Lipinski definition) is 0. The van der Waals surface area contributed by atoms with Crippen molar-refractivity contribution in [3.63, 3.8) is 0 Å². The van der Waals surface area contributed by atoms with Crippen LogP contribution >= 0.6 is 11.8 Å². The van der Waals surface area contributed by atoms with E-state index in [4.69, 9.17) is 0 Å². The Kier molecular flexibility index (Phi) is 5.43. The lowest BCUT2D eigenvalue weighted by Crippen LogP contribution is -2.03. The van der Waals surface area contributed by atoms with Crippen molar-refractivity contribution in [1.29, 1.82) is 0 Å². The van der Waals surface area contributed by atoms with Gasteiger partial charge in [0.2, 0.25) is 0 Å². The van der Waals surface area contributed by atoms with Crippen LogP contribution in [0.1, 0.15) is 31.1 Å². The van der Waals surface area contributed by atoms with Crippen LogP contribution in [0.5, 0.6) is 0 Å². The first-order valence-electron chi connectivity index (χ1n) is 8.09. The molecular formula is C18H18F2N4S. The van der Waals surface area contributed by atoms with Crippen LogP contribution in [-0.4, -0.2) is 19.7 Å². The Hall–Kier alpha value is -2.28. The van der Waals surface area contributed by atoms with Crippen LogP contribution in [0.4, 0.5) is 8.78 Å². The van der Waals surface area contributed by atoms with Gasteiger partial charge in [0.15, 0.2) is 11.0 Å². The maximum atomic E-state index is 14.1. The second-order valence-electron chi connectivity index (χ2n) is 5.47. The van der Waals surface area contributed by atoms with Crippen molar-refractivity contribution < 1.29 is 8.78 Å². The molecule has 0 bridgehead atoms. The molecule has 0 spiro atoms. The second-order valence-corrected chi connectivity index (χ2v) is 6.64. The van der Waals surface area contributed by atoms with Gasteiger partial charge in [-0.25, -0.2) is 8.78 Å². The number of halogens is 2. The fourth-order valence-electron chi connectivity index (χ4n) is 2.63. The number of aromatic nitrogens is 4. The first-order chi connectivity index (χ1) is 12.1. The van der Waals surface area contributed by atoms with Crippen molar-refractivity contribution in [3.05, 3.63) is 59.9 Å². The summed E-state index contributed by atoms with van der Waals surface area (Å²) in [5.41, 5.74) is 1.40. The fraction of sp³-hybridized carbons (Fsp3) is 0.278. The molecule has 0 aliphatic carbocycles. The van der Waals surface area contributed by atoms with Crippen molar-refractivity contribution in [1.82, 2.24) is 19.7 Å². The second kappa shape index (κ2) is 7.74. The molecule has 0 amide bonds. The molecule has 25 heavy (non-hydrogen) atoms. The lowest BCUT2D eigenvalue weighted by molar-refractivity contribution is 0.569. The molecule has 0 saturated heterocycles. The van der Waals surface area contributed by atoms with Gasteiger partial charge in [-0.05, 0) is 31.5 Å². The molecule has 1 aromatic carbocycles. The topological polar surface area (TPSA) is 43.6 Å². The smallest absolute Gasteiger partial charge is 0.192 e. The molecule has 0 N–H and O–H groups in total. The highest BCUT2D eigenvalue weighted by atomic mass is 32.2. The number of rotatable bonds is 6. The number of thioether (sulfide) groups is 1. The quantitative estimate of drug-likeness (QED) is 0.588. The van der Waals surface area contributed by atoms with E-state index in [0.29, 0.717) is 23.7 Å². The van der Waals surface area contributed by atoms with Gasteiger partial charge in [0.05, 0.1) is 0 Å². The SMILES string of the molecule is CC[C@@H](Sc1nnc(-c2ccncc2)n1CC)c1ccc(F)cc1F. The van der Waals surface area contributed by atoms with E-state index in [1.807, 2.05) is 30.5 Å². The van der Waals surface area contributed by atoms with Crippen molar-refractivity contribution in [2.75, 3.05) is 0 Å². The van der Waals surface area contributed by atoms with Crippen LogP contribution in [-0.2, 0) is 6.54 Å². The van der Waals surface area contributed by atoms with E-state index in [1.54, 1.807) is 12.4 Å². The minimum absolute atomic E-state index is 0.166. The highest BCUT2D eigenvalue weighted by Gasteiger charge is 2.21. The minimum atomic E-state index is -0.571. The molecule has 0 fully saturated rings. The van der Waals surface area contributed by atoms with E-state index >= 15 is 0 Å². The Bertz CT molecular complexity index is 852. The molecule has 0 radical (unpaired) electrons. The molecule has 1 atom stereocenters. The van der Waals surface area contributed by atoms with Gasteiger partial charge < -0.3 is 4.57 Å². The number of pyridine rings is 1. The van der Waals surface area contributed by atoms with Crippen molar-refractivity contribution in [2.24, 2.45) is 0 Å². The van der Waals surface area contributed by atoms with Crippen molar-refractivity contribution in [2.45, 2.75) is 37.2 Å². The molecule has 0 saturated carbocycles. The van der Waals surface area contributed by atoms with Crippen LogP contribution in [0.3, 0.4) is 0 Å². The van der Waals surface area contributed by atoms with Gasteiger partial charge >= 0.3 is 0 Å². The summed E-state index contributed by atoms with van der Waals surface area (Å²) in [5, 5.41) is 9.11. The Balaban J connectivity index is 1.92. The molecule has 0 unspecified atom stereocenters. The summed E-state index contributed by atoms with van der Waals surface area (Å²) in [7, 11) is 0. The summed E-state index contributed by atoms with van der Waals surface area (Å²) in [6.07, 6.45) is 4.10. The van der Waals surface area contributed by atoms with Crippen LogP contribution in [0.2, 0.25) is 0 Å². The molecular weight excluding hydrogens is 342 g/mol. The van der Waals surface area contributed by atoms with Gasteiger partial charge in [0.25, 0.3) is 0 Å². The predicted octanol–water partition coefficient (Wildman–Crippen LogP) is 4.88. The molecule has 0 aliphatic rings. The Morgan fingerprint density at radius 3 is 2.48 bits per heavy atom. The maximum Gasteiger partial charge on any atom is 0.192 e. The van der Waals surface area contributed by atoms with Crippen molar-refractivity contribution >= 4 is 11.8 Å². The molecule has 4 nitrogen and oxygen atoms in total. The molecule has 2 aromatic heterocycles. The van der Waals surface area contributed by atoms with Gasteiger partial charge in [0, 0.05) is 41.4 Å². The summed E-state index contributed by atoms with van der Waals surface area (Å²) in [6, 6.07) is 7.46.